The molecule has 118 valence electrons. The zero-order valence-electron chi connectivity index (χ0n) is 11.9. The van der Waals surface area contributed by atoms with Crippen LogP contribution in [-0.4, -0.2) is 37.9 Å². The van der Waals surface area contributed by atoms with E-state index in [-0.39, 0.29) is 0 Å². The van der Waals surface area contributed by atoms with Crippen molar-refractivity contribution in [2.24, 2.45) is 7.05 Å². The Balaban J connectivity index is 1.65. The van der Waals surface area contributed by atoms with Crippen molar-refractivity contribution < 1.29 is 18.3 Å². The molecule has 8 heteroatoms. The summed E-state index contributed by atoms with van der Waals surface area (Å²) >= 11 is 0. The molecule has 0 aliphatic carbocycles. The van der Waals surface area contributed by atoms with Crippen LogP contribution in [0.15, 0.2) is 24.5 Å². The summed E-state index contributed by atoms with van der Waals surface area (Å²) in [4.78, 5) is 5.91. The summed E-state index contributed by atoms with van der Waals surface area (Å²) in [6.45, 7) is 1.04. The Morgan fingerprint density at radius 3 is 2.64 bits per heavy atom. The van der Waals surface area contributed by atoms with Gasteiger partial charge in [0.2, 0.25) is 0 Å². The van der Waals surface area contributed by atoms with E-state index in [9.17, 15) is 18.3 Å². The fourth-order valence-corrected chi connectivity index (χ4v) is 2.77. The number of aromatic nitrogens is 3. The van der Waals surface area contributed by atoms with Crippen LogP contribution in [0.3, 0.4) is 0 Å². The topological polar surface area (TPSA) is 54.2 Å². The monoisotopic (exact) mass is 312 g/mol. The molecule has 1 N–H and O–H groups in total. The zero-order valence-corrected chi connectivity index (χ0v) is 11.9. The highest BCUT2D eigenvalue weighted by Crippen LogP contribution is 2.31. The normalized spacial score (nSPS) is 17.7. The molecule has 0 bridgehead atoms. The molecule has 0 unspecified atom stereocenters. The number of rotatable bonds is 4. The van der Waals surface area contributed by atoms with Crippen LogP contribution in [0.1, 0.15) is 23.4 Å². The third kappa shape index (κ3) is 2.59. The highest BCUT2D eigenvalue weighted by molar-refractivity contribution is 5.26. The van der Waals surface area contributed by atoms with Crippen molar-refractivity contribution in [3.8, 4) is 0 Å². The van der Waals surface area contributed by atoms with Crippen molar-refractivity contribution in [2.45, 2.75) is 18.6 Å². The third-order valence-electron chi connectivity index (χ3n) is 3.80. The van der Waals surface area contributed by atoms with Gasteiger partial charge in [-0.25, -0.2) is 18.2 Å². The van der Waals surface area contributed by atoms with Crippen molar-refractivity contribution in [3.63, 3.8) is 0 Å². The van der Waals surface area contributed by atoms with Gasteiger partial charge < -0.3 is 5.11 Å². The number of hydrogen-bond acceptors (Lipinski definition) is 4. The predicted octanol–water partition coefficient (Wildman–Crippen LogP) is 1.60. The van der Waals surface area contributed by atoms with Gasteiger partial charge in [0.25, 0.3) is 6.43 Å². The van der Waals surface area contributed by atoms with E-state index in [4.69, 9.17) is 0 Å². The average molecular weight is 312 g/mol. The van der Waals surface area contributed by atoms with Gasteiger partial charge in [0.15, 0.2) is 5.82 Å². The Morgan fingerprint density at radius 1 is 1.36 bits per heavy atom. The quantitative estimate of drug-likeness (QED) is 0.932. The highest BCUT2D eigenvalue weighted by Gasteiger charge is 2.45. The van der Waals surface area contributed by atoms with Gasteiger partial charge in [0, 0.05) is 26.7 Å². The average Bonchev–Trinajstić information content (AvgIpc) is 2.83. The number of aryl methyl sites for hydroxylation is 1. The second-order valence-electron chi connectivity index (χ2n) is 5.54. The largest absolute Gasteiger partial charge is 0.379 e. The van der Waals surface area contributed by atoms with Crippen molar-refractivity contribution in [3.05, 3.63) is 47.3 Å². The van der Waals surface area contributed by atoms with Gasteiger partial charge in [-0.3, -0.25) is 9.58 Å². The van der Waals surface area contributed by atoms with E-state index in [0.29, 0.717) is 31.0 Å². The minimum Gasteiger partial charge on any atom is -0.379 e. The van der Waals surface area contributed by atoms with Crippen LogP contribution in [0.5, 0.6) is 0 Å². The van der Waals surface area contributed by atoms with Crippen LogP contribution in [0, 0.1) is 5.82 Å². The minimum absolute atomic E-state index is 0.331. The van der Waals surface area contributed by atoms with E-state index in [1.54, 1.807) is 7.05 Å². The van der Waals surface area contributed by atoms with Gasteiger partial charge >= 0.3 is 0 Å². The van der Waals surface area contributed by atoms with Crippen molar-refractivity contribution in [2.75, 3.05) is 13.1 Å². The van der Waals surface area contributed by atoms with E-state index in [2.05, 4.69) is 10.1 Å². The first-order chi connectivity index (χ1) is 10.4. The molecule has 5 nitrogen and oxygen atoms in total. The molecule has 0 atom stereocenters. The second-order valence-corrected chi connectivity index (χ2v) is 5.54. The first-order valence-corrected chi connectivity index (χ1v) is 6.75. The number of benzene rings is 1. The molecule has 3 rings (SSSR count). The Bertz CT molecular complexity index is 682. The van der Waals surface area contributed by atoms with Gasteiger partial charge in [0.1, 0.15) is 17.7 Å². The summed E-state index contributed by atoms with van der Waals surface area (Å²) in [5.74, 6) is -0.431. The number of nitrogens with zero attached hydrogens (tertiary/aromatic N) is 4. The summed E-state index contributed by atoms with van der Waals surface area (Å²) in [5, 5.41) is 14.4. The summed E-state index contributed by atoms with van der Waals surface area (Å²) < 4.78 is 40.0. The second kappa shape index (κ2) is 5.36. The van der Waals surface area contributed by atoms with Crippen LogP contribution in [-0.2, 0) is 19.2 Å². The van der Waals surface area contributed by atoms with Gasteiger partial charge in [-0.15, -0.1) is 0 Å². The molecule has 0 radical (unpaired) electrons. The zero-order chi connectivity index (χ0) is 15.9. The molecular weight excluding hydrogens is 297 g/mol. The molecule has 0 spiro atoms. The summed E-state index contributed by atoms with van der Waals surface area (Å²) in [6.07, 6.45) is -1.45. The number of aliphatic hydroxyl groups is 1. The molecule has 1 aromatic carbocycles. The van der Waals surface area contributed by atoms with Crippen LogP contribution in [0.2, 0.25) is 0 Å². The molecular formula is C14H15F3N4O. The molecule has 1 aliphatic rings. The smallest absolute Gasteiger partial charge is 0.266 e. The third-order valence-corrected chi connectivity index (χ3v) is 3.80. The lowest BCUT2D eigenvalue weighted by atomic mass is 9.92. The van der Waals surface area contributed by atoms with Gasteiger partial charge in [-0.1, -0.05) is 12.1 Å². The highest BCUT2D eigenvalue weighted by atomic mass is 19.3. The summed E-state index contributed by atoms with van der Waals surface area (Å²) in [5.41, 5.74) is -1.09. The fraction of sp³-hybridized carbons (Fsp3) is 0.429. The maximum atomic E-state index is 13.5. The molecule has 0 amide bonds. The Hall–Kier alpha value is -1.93. The van der Waals surface area contributed by atoms with E-state index >= 15 is 0 Å². The first kappa shape index (κ1) is 15.0. The Morgan fingerprint density at radius 2 is 2.09 bits per heavy atom. The Labute approximate surface area is 125 Å². The van der Waals surface area contributed by atoms with Gasteiger partial charge in [-0.2, -0.15) is 5.10 Å². The fourth-order valence-electron chi connectivity index (χ4n) is 2.77. The lowest BCUT2D eigenvalue weighted by Gasteiger charge is -2.45. The maximum absolute atomic E-state index is 13.5. The van der Waals surface area contributed by atoms with Crippen LogP contribution >= 0.6 is 0 Å². The SMILES string of the molecule is Cn1ncnc1C1(O)CN(Cc2ccc(C(F)F)c(F)c2)C1. The maximum Gasteiger partial charge on any atom is 0.266 e. The molecule has 2 heterocycles. The standard InChI is InChI=1S/C14H15F3N4O/c1-20-13(18-8-19-20)14(22)6-21(7-14)5-9-2-3-10(12(16)17)11(15)4-9/h2-4,8,12,22H,5-7H2,1H3. The van der Waals surface area contributed by atoms with E-state index in [1.165, 1.54) is 17.1 Å². The number of halogens is 3. The van der Waals surface area contributed by atoms with Crippen molar-refractivity contribution >= 4 is 0 Å². The minimum atomic E-state index is -2.82. The van der Waals surface area contributed by atoms with Crippen LogP contribution < -0.4 is 0 Å². The molecule has 1 aliphatic heterocycles. The lowest BCUT2D eigenvalue weighted by Crippen LogP contribution is -2.59. The number of β-amino-alcohol motifs (C(OH)–C–C–N with tert-alkyl or cyclic N) is 1. The first-order valence-electron chi connectivity index (χ1n) is 6.75. The van der Waals surface area contributed by atoms with E-state index in [1.807, 2.05) is 4.90 Å². The van der Waals surface area contributed by atoms with Crippen LogP contribution in [0.25, 0.3) is 0 Å². The van der Waals surface area contributed by atoms with E-state index < -0.39 is 23.4 Å². The molecule has 2 aromatic rings. The van der Waals surface area contributed by atoms with Crippen molar-refractivity contribution in [1.82, 2.24) is 19.7 Å². The van der Waals surface area contributed by atoms with Crippen molar-refractivity contribution in [1.29, 1.82) is 0 Å². The van der Waals surface area contributed by atoms with E-state index in [0.717, 1.165) is 12.1 Å². The molecule has 0 saturated carbocycles. The number of alkyl halides is 2. The predicted molar refractivity (Wildman–Crippen MR) is 71.5 cm³/mol. The number of hydrogen-bond donors (Lipinski definition) is 1. The number of likely N-dealkylation sites (tertiary alicyclic amines) is 1. The summed E-state index contributed by atoms with van der Waals surface area (Å²) in [7, 11) is 1.70. The van der Waals surface area contributed by atoms with Gasteiger partial charge in [0.05, 0.1) is 5.56 Å². The molecule has 1 saturated heterocycles. The molecule has 22 heavy (non-hydrogen) atoms. The summed E-state index contributed by atoms with van der Waals surface area (Å²) in [6, 6.07) is 3.69. The van der Waals surface area contributed by atoms with Gasteiger partial charge in [-0.05, 0) is 11.6 Å². The van der Waals surface area contributed by atoms with Crippen LogP contribution in [0.4, 0.5) is 13.2 Å². The molecule has 1 fully saturated rings. The lowest BCUT2D eigenvalue weighted by molar-refractivity contribution is -0.115. The Kier molecular flexibility index (Phi) is 3.65. The molecule has 1 aromatic heterocycles.